The molecule has 2 aromatic rings. The fourth-order valence-corrected chi connectivity index (χ4v) is 3.35. The van der Waals surface area contributed by atoms with Gasteiger partial charge >= 0.3 is 0 Å². The van der Waals surface area contributed by atoms with Crippen LogP contribution in [0.2, 0.25) is 24.7 Å². The van der Waals surface area contributed by atoms with Gasteiger partial charge in [-0.25, -0.2) is 0 Å². The Balaban J connectivity index is 2.46. The third kappa shape index (κ3) is 3.36. The first-order chi connectivity index (χ1) is 8.88. The van der Waals surface area contributed by atoms with Crippen molar-refractivity contribution in [2.24, 2.45) is 0 Å². The van der Waals surface area contributed by atoms with Crippen LogP contribution >= 0.6 is 11.6 Å². The highest BCUT2D eigenvalue weighted by atomic mass is 35.5. The summed E-state index contributed by atoms with van der Waals surface area (Å²) in [7, 11) is -1.48. The van der Waals surface area contributed by atoms with Gasteiger partial charge < -0.3 is 4.57 Å². The van der Waals surface area contributed by atoms with E-state index < -0.39 is 8.07 Å². The minimum Gasteiger partial charge on any atom is -0.310 e. The lowest BCUT2D eigenvalue weighted by atomic mass is 10.2. The number of hydrogen-bond acceptors (Lipinski definition) is 1. The number of hydrogen-bond donors (Lipinski definition) is 0. The van der Waals surface area contributed by atoms with E-state index in [1.54, 1.807) is 4.57 Å². The number of pyridine rings is 1. The van der Waals surface area contributed by atoms with E-state index in [2.05, 4.69) is 19.6 Å². The highest BCUT2D eigenvalue weighted by molar-refractivity contribution is 6.88. The molecule has 1 heterocycles. The first-order valence-electron chi connectivity index (χ1n) is 6.32. The quantitative estimate of drug-likeness (QED) is 0.797. The lowest BCUT2D eigenvalue weighted by Crippen LogP contribution is -2.41. The molecule has 0 fully saturated rings. The van der Waals surface area contributed by atoms with Crippen LogP contribution in [0.15, 0.2) is 47.4 Å². The van der Waals surface area contributed by atoms with Crippen LogP contribution in [0, 0.1) is 0 Å². The molecule has 100 valence electrons. The van der Waals surface area contributed by atoms with Gasteiger partial charge in [-0.3, -0.25) is 4.79 Å². The van der Waals surface area contributed by atoms with Gasteiger partial charge in [0, 0.05) is 6.20 Å². The minimum atomic E-state index is -1.48. The predicted octanol–water partition coefficient (Wildman–Crippen LogP) is 3.10. The summed E-state index contributed by atoms with van der Waals surface area (Å²) < 4.78 is 1.71. The Morgan fingerprint density at radius 3 is 2.37 bits per heavy atom. The summed E-state index contributed by atoms with van der Waals surface area (Å²) in [5.74, 6) is 0. The molecule has 0 atom stereocenters. The Hall–Kier alpha value is -1.32. The van der Waals surface area contributed by atoms with Gasteiger partial charge in [-0.15, -0.1) is 0 Å². The van der Waals surface area contributed by atoms with Crippen LogP contribution in [-0.4, -0.2) is 12.6 Å². The van der Waals surface area contributed by atoms with Gasteiger partial charge in [0.25, 0.3) is 5.56 Å². The van der Waals surface area contributed by atoms with Crippen molar-refractivity contribution in [2.45, 2.75) is 26.2 Å². The smallest absolute Gasteiger partial charge is 0.269 e. The van der Waals surface area contributed by atoms with E-state index in [0.29, 0.717) is 11.6 Å². The number of nitrogens with zero attached hydrogens (tertiary/aromatic N) is 1. The SMILES string of the molecule is C[Si](C)(C)c1cc(Cl)c(=O)n(Cc2ccccc2)c1. The molecule has 0 aliphatic rings. The molecule has 4 heteroatoms. The van der Waals surface area contributed by atoms with Gasteiger partial charge in [0.05, 0.1) is 14.6 Å². The van der Waals surface area contributed by atoms with E-state index in [9.17, 15) is 4.79 Å². The topological polar surface area (TPSA) is 22.0 Å². The van der Waals surface area contributed by atoms with Crippen molar-refractivity contribution in [1.29, 1.82) is 0 Å². The summed E-state index contributed by atoms with van der Waals surface area (Å²) in [5.41, 5.74) is 0.987. The number of rotatable bonds is 3. The molecule has 2 rings (SSSR count). The van der Waals surface area contributed by atoms with Crippen molar-refractivity contribution >= 4 is 24.9 Å². The van der Waals surface area contributed by atoms with E-state index in [1.807, 2.05) is 42.6 Å². The molecule has 0 aliphatic heterocycles. The van der Waals surface area contributed by atoms with Crippen LogP contribution in [0.4, 0.5) is 0 Å². The van der Waals surface area contributed by atoms with Crippen molar-refractivity contribution in [1.82, 2.24) is 4.57 Å². The maximum absolute atomic E-state index is 12.1. The summed E-state index contributed by atoms with van der Waals surface area (Å²) >= 11 is 6.08. The summed E-state index contributed by atoms with van der Waals surface area (Å²) in [5, 5.41) is 1.52. The maximum atomic E-state index is 12.1. The summed E-state index contributed by atoms with van der Waals surface area (Å²) in [6.45, 7) is 7.31. The Morgan fingerprint density at radius 2 is 1.79 bits per heavy atom. The molecule has 0 radical (unpaired) electrons. The van der Waals surface area contributed by atoms with Crippen molar-refractivity contribution in [3.8, 4) is 0 Å². The van der Waals surface area contributed by atoms with Gasteiger partial charge in [0.1, 0.15) is 5.02 Å². The van der Waals surface area contributed by atoms with Crippen molar-refractivity contribution in [3.63, 3.8) is 0 Å². The number of aromatic nitrogens is 1. The number of benzene rings is 1. The average molecular weight is 292 g/mol. The second kappa shape index (κ2) is 5.35. The van der Waals surface area contributed by atoms with Crippen LogP contribution in [0.5, 0.6) is 0 Å². The third-order valence-corrected chi connectivity index (χ3v) is 5.38. The molecule has 0 aliphatic carbocycles. The molecule has 0 saturated carbocycles. The van der Waals surface area contributed by atoms with Crippen molar-refractivity contribution < 1.29 is 0 Å². The molecule has 0 N–H and O–H groups in total. The van der Waals surface area contributed by atoms with E-state index >= 15 is 0 Å². The zero-order valence-electron chi connectivity index (χ0n) is 11.5. The normalized spacial score (nSPS) is 11.6. The zero-order chi connectivity index (χ0) is 14.0. The predicted molar refractivity (Wildman–Crippen MR) is 84.2 cm³/mol. The van der Waals surface area contributed by atoms with Gasteiger partial charge in [-0.1, -0.05) is 61.6 Å². The van der Waals surface area contributed by atoms with Crippen LogP contribution in [0.1, 0.15) is 5.56 Å². The lowest BCUT2D eigenvalue weighted by Gasteiger charge is -2.19. The molecule has 0 unspecified atom stereocenters. The minimum absolute atomic E-state index is 0.118. The first kappa shape index (κ1) is 14.1. The highest BCUT2D eigenvalue weighted by Gasteiger charge is 2.19. The van der Waals surface area contributed by atoms with Crippen molar-refractivity contribution in [2.75, 3.05) is 0 Å². The Labute approximate surface area is 119 Å². The first-order valence-corrected chi connectivity index (χ1v) is 10.2. The standard InChI is InChI=1S/C15H18ClNOSi/c1-19(2,3)13-9-14(16)15(18)17(11-13)10-12-7-5-4-6-8-12/h4-9,11H,10H2,1-3H3. The van der Waals surface area contributed by atoms with Crippen LogP contribution in [0.3, 0.4) is 0 Å². The van der Waals surface area contributed by atoms with Gasteiger partial charge in [-0.05, 0) is 16.8 Å². The summed E-state index contributed by atoms with van der Waals surface area (Å²) in [4.78, 5) is 12.1. The fourth-order valence-electron chi connectivity index (χ4n) is 1.91. The fraction of sp³-hybridized carbons (Fsp3) is 0.267. The van der Waals surface area contributed by atoms with Gasteiger partial charge in [0.2, 0.25) is 0 Å². The lowest BCUT2D eigenvalue weighted by molar-refractivity contribution is 0.763. The molecule has 0 spiro atoms. The third-order valence-electron chi connectivity index (χ3n) is 3.10. The molecule has 1 aromatic carbocycles. The monoisotopic (exact) mass is 291 g/mol. The van der Waals surface area contributed by atoms with Crippen molar-refractivity contribution in [3.05, 3.63) is 63.5 Å². The van der Waals surface area contributed by atoms with E-state index in [1.165, 1.54) is 5.19 Å². The van der Waals surface area contributed by atoms with E-state index in [4.69, 9.17) is 11.6 Å². The second-order valence-corrected chi connectivity index (χ2v) is 11.2. The molecule has 19 heavy (non-hydrogen) atoms. The molecule has 0 bridgehead atoms. The largest absolute Gasteiger partial charge is 0.310 e. The van der Waals surface area contributed by atoms with E-state index in [-0.39, 0.29) is 5.56 Å². The van der Waals surface area contributed by atoms with Crippen LogP contribution in [-0.2, 0) is 6.54 Å². The molecular formula is C15H18ClNOSi. The van der Waals surface area contributed by atoms with Gasteiger partial charge in [-0.2, -0.15) is 0 Å². The molecule has 2 nitrogen and oxygen atoms in total. The summed E-state index contributed by atoms with van der Waals surface area (Å²) in [6, 6.07) is 11.8. The summed E-state index contributed by atoms with van der Waals surface area (Å²) in [6.07, 6.45) is 1.97. The molecule has 0 saturated heterocycles. The van der Waals surface area contributed by atoms with Crippen LogP contribution in [0.25, 0.3) is 0 Å². The Bertz CT molecular complexity index is 629. The maximum Gasteiger partial charge on any atom is 0.269 e. The number of halogens is 1. The molecule has 1 aromatic heterocycles. The van der Waals surface area contributed by atoms with Crippen LogP contribution < -0.4 is 10.7 Å². The molecule has 0 amide bonds. The van der Waals surface area contributed by atoms with Gasteiger partial charge in [0.15, 0.2) is 0 Å². The van der Waals surface area contributed by atoms with E-state index in [0.717, 1.165) is 5.56 Å². The Kier molecular flexibility index (Phi) is 3.97. The zero-order valence-corrected chi connectivity index (χ0v) is 13.2. The Morgan fingerprint density at radius 1 is 1.16 bits per heavy atom. The second-order valence-electron chi connectivity index (χ2n) is 5.75. The average Bonchev–Trinajstić information content (AvgIpc) is 2.34. The molecular weight excluding hydrogens is 274 g/mol. The highest BCUT2D eigenvalue weighted by Crippen LogP contribution is 2.07.